The van der Waals surface area contributed by atoms with Crippen LogP contribution in [0.25, 0.3) is 11.1 Å². The summed E-state index contributed by atoms with van der Waals surface area (Å²) in [5, 5.41) is -0.0374. The van der Waals surface area contributed by atoms with Gasteiger partial charge in [-0.15, -0.1) is 0 Å². The van der Waals surface area contributed by atoms with E-state index in [4.69, 9.17) is 19.6 Å². The summed E-state index contributed by atoms with van der Waals surface area (Å²) in [7, 11) is -5.96. The van der Waals surface area contributed by atoms with Crippen LogP contribution in [0.2, 0.25) is 18.1 Å². The SMILES string of the molecule is CC(C)(C)[Si](C)(C)OC(CC(OC(N)=O)[C@H]1CCc2cc(-c3ccc(C(=O)CS(=O)(=O)c4ccccc4)cc3)ccc2O1)c1cccnc1. The van der Waals surface area contributed by atoms with Crippen molar-refractivity contribution in [3.05, 3.63) is 114 Å². The molecule has 9 nitrogen and oxygen atoms in total. The van der Waals surface area contributed by atoms with E-state index in [9.17, 15) is 18.0 Å². The lowest BCUT2D eigenvalue weighted by molar-refractivity contribution is -0.0152. The number of ether oxygens (including phenoxy) is 2. The number of nitrogens with zero attached hydrogens (tertiary/aromatic N) is 1. The molecule has 0 saturated carbocycles. The van der Waals surface area contributed by atoms with E-state index >= 15 is 0 Å². The second kappa shape index (κ2) is 14.7. The zero-order chi connectivity index (χ0) is 35.4. The minimum Gasteiger partial charge on any atom is -0.486 e. The van der Waals surface area contributed by atoms with Crippen molar-refractivity contribution in [2.45, 2.75) is 81.4 Å². The number of pyridine rings is 1. The van der Waals surface area contributed by atoms with Crippen molar-refractivity contribution in [1.82, 2.24) is 4.98 Å². The van der Waals surface area contributed by atoms with E-state index in [1.54, 1.807) is 42.7 Å². The van der Waals surface area contributed by atoms with Crippen molar-refractivity contribution < 1.29 is 31.9 Å². The molecule has 0 spiro atoms. The Kier molecular flexibility index (Phi) is 10.8. The molecule has 5 rings (SSSR count). The van der Waals surface area contributed by atoms with Crippen LogP contribution in [0.15, 0.2) is 102 Å². The average Bonchev–Trinajstić information content (AvgIpc) is 3.07. The van der Waals surface area contributed by atoms with Crippen LogP contribution in [0.4, 0.5) is 4.79 Å². The molecule has 2 N–H and O–H groups in total. The van der Waals surface area contributed by atoms with E-state index < -0.39 is 48.0 Å². The smallest absolute Gasteiger partial charge is 0.404 e. The minimum absolute atomic E-state index is 0.0374. The van der Waals surface area contributed by atoms with E-state index in [1.807, 2.05) is 42.5 Å². The number of carbonyl (C=O) groups is 2. The first-order valence-electron chi connectivity index (χ1n) is 16.4. The summed E-state index contributed by atoms with van der Waals surface area (Å²) < 4.78 is 44.4. The van der Waals surface area contributed by atoms with Gasteiger partial charge >= 0.3 is 6.09 Å². The second-order valence-corrected chi connectivity index (χ2v) is 20.7. The Morgan fingerprint density at radius 2 is 1.67 bits per heavy atom. The molecule has 3 aromatic carbocycles. The normalized spacial score (nSPS) is 16.1. The molecule has 0 bridgehead atoms. The monoisotopic (exact) mass is 700 g/mol. The number of rotatable bonds is 12. The van der Waals surface area contributed by atoms with Crippen molar-refractivity contribution >= 4 is 30.0 Å². The van der Waals surface area contributed by atoms with Gasteiger partial charge in [-0.05, 0) is 83.6 Å². The first-order valence-corrected chi connectivity index (χ1v) is 20.9. The molecule has 3 atom stereocenters. The third-order valence-corrected chi connectivity index (χ3v) is 15.5. The molecule has 1 aromatic heterocycles. The van der Waals surface area contributed by atoms with Crippen molar-refractivity contribution in [1.29, 1.82) is 0 Å². The highest BCUT2D eigenvalue weighted by Crippen LogP contribution is 2.42. The Hall–Kier alpha value is -4.32. The lowest BCUT2D eigenvalue weighted by Crippen LogP contribution is -2.45. The number of hydrogen-bond donors (Lipinski definition) is 1. The topological polar surface area (TPSA) is 135 Å². The molecule has 258 valence electrons. The number of aromatic nitrogens is 1. The average molecular weight is 701 g/mol. The van der Waals surface area contributed by atoms with E-state index in [2.05, 4.69) is 38.8 Å². The molecule has 2 unspecified atom stereocenters. The summed E-state index contributed by atoms with van der Waals surface area (Å²) in [6.07, 6.45) is 2.79. The zero-order valence-corrected chi connectivity index (χ0v) is 30.4. The number of aryl methyl sites for hydroxylation is 1. The predicted octanol–water partition coefficient (Wildman–Crippen LogP) is 7.72. The highest BCUT2D eigenvalue weighted by molar-refractivity contribution is 7.92. The fourth-order valence-corrected chi connectivity index (χ4v) is 8.20. The quantitative estimate of drug-likeness (QED) is 0.117. The van der Waals surface area contributed by atoms with Crippen LogP contribution in [0.5, 0.6) is 5.75 Å². The number of amides is 1. The number of nitrogens with two attached hydrogens (primary N) is 1. The summed E-state index contributed by atoms with van der Waals surface area (Å²) in [5.41, 5.74) is 9.60. The van der Waals surface area contributed by atoms with Gasteiger partial charge in [0, 0.05) is 24.4 Å². The Morgan fingerprint density at radius 1 is 0.980 bits per heavy atom. The number of Topliss-reactive ketones (excluding diaryl/α,β-unsaturated/α-hetero) is 1. The third-order valence-electron chi connectivity index (χ3n) is 9.43. The maximum absolute atomic E-state index is 12.8. The molecule has 11 heteroatoms. The Morgan fingerprint density at radius 3 is 2.31 bits per heavy atom. The van der Waals surface area contributed by atoms with E-state index in [0.717, 1.165) is 22.3 Å². The van der Waals surface area contributed by atoms with Gasteiger partial charge in [0.15, 0.2) is 23.9 Å². The maximum Gasteiger partial charge on any atom is 0.404 e. The first kappa shape index (κ1) is 36.0. The Bertz CT molecular complexity index is 1880. The molecule has 0 saturated heterocycles. The van der Waals surface area contributed by atoms with Crippen LogP contribution >= 0.6 is 0 Å². The van der Waals surface area contributed by atoms with Crippen LogP contribution in [-0.2, 0) is 25.4 Å². The number of primary amides is 1. The standard InChI is InChI=1S/C38H44N2O7SSi/c1-38(2,3)49(4,5)47-35(30-10-9-21-40-24-30)23-36(46-37(39)42)34-20-18-29-22-28(17-19-33(29)45-34)26-13-15-27(16-14-26)32(41)25-48(43,44)31-11-7-6-8-12-31/h6-17,19,21-22,24,34-36H,18,20,23,25H2,1-5H3,(H2,39,42)/t34-,35?,36?/m1/s1. The van der Waals surface area contributed by atoms with Gasteiger partial charge in [-0.1, -0.05) is 75.4 Å². The van der Waals surface area contributed by atoms with Crippen LogP contribution in [0.3, 0.4) is 0 Å². The summed E-state index contributed by atoms with van der Waals surface area (Å²) in [4.78, 5) is 29.4. The van der Waals surface area contributed by atoms with E-state index in [1.165, 1.54) is 12.1 Å². The van der Waals surface area contributed by atoms with Crippen LogP contribution < -0.4 is 10.5 Å². The molecule has 1 amide bonds. The van der Waals surface area contributed by atoms with Gasteiger partial charge in [-0.3, -0.25) is 9.78 Å². The third kappa shape index (κ3) is 8.83. The maximum atomic E-state index is 12.8. The number of ketones is 1. The molecule has 0 aliphatic carbocycles. The summed E-state index contributed by atoms with van der Waals surface area (Å²) in [5.74, 6) is -0.368. The summed E-state index contributed by atoms with van der Waals surface area (Å²) in [6, 6.07) is 24.6. The van der Waals surface area contributed by atoms with Gasteiger partial charge in [0.1, 0.15) is 23.7 Å². The Labute approximate surface area is 289 Å². The molecule has 49 heavy (non-hydrogen) atoms. The Balaban J connectivity index is 1.31. The summed E-state index contributed by atoms with van der Waals surface area (Å²) >= 11 is 0. The highest BCUT2D eigenvalue weighted by Gasteiger charge is 2.41. The predicted molar refractivity (Wildman–Crippen MR) is 192 cm³/mol. The number of fused-ring (bicyclic) bond motifs is 1. The molecule has 4 aromatic rings. The lowest BCUT2D eigenvalue weighted by Gasteiger charge is -2.41. The van der Waals surface area contributed by atoms with Gasteiger partial charge in [-0.2, -0.15) is 0 Å². The minimum atomic E-state index is -3.74. The van der Waals surface area contributed by atoms with Gasteiger partial charge in [0.05, 0.1) is 11.0 Å². The number of sulfone groups is 1. The summed E-state index contributed by atoms with van der Waals surface area (Å²) in [6.45, 7) is 10.9. The molecular weight excluding hydrogens is 657 g/mol. The number of carbonyl (C=O) groups excluding carboxylic acids is 2. The first-order chi connectivity index (χ1) is 23.1. The number of benzene rings is 3. The molecule has 0 radical (unpaired) electrons. The molecule has 1 aliphatic heterocycles. The van der Waals surface area contributed by atoms with E-state index in [0.29, 0.717) is 30.6 Å². The molecular formula is C38H44N2O7SSi. The zero-order valence-electron chi connectivity index (χ0n) is 28.6. The van der Waals surface area contributed by atoms with Crippen molar-refractivity contribution in [2.75, 3.05) is 5.75 Å². The molecule has 2 heterocycles. The molecule has 0 fully saturated rings. The second-order valence-electron chi connectivity index (χ2n) is 14.0. The van der Waals surface area contributed by atoms with Crippen molar-refractivity contribution in [2.24, 2.45) is 5.73 Å². The van der Waals surface area contributed by atoms with Crippen LogP contribution in [-0.4, -0.2) is 51.6 Å². The largest absolute Gasteiger partial charge is 0.486 e. The fourth-order valence-electron chi connectivity index (χ4n) is 5.65. The van der Waals surface area contributed by atoms with Gasteiger partial charge in [0.2, 0.25) is 0 Å². The van der Waals surface area contributed by atoms with Gasteiger partial charge < -0.3 is 19.6 Å². The van der Waals surface area contributed by atoms with Crippen LogP contribution in [0.1, 0.15) is 61.2 Å². The van der Waals surface area contributed by atoms with Gasteiger partial charge in [0.25, 0.3) is 0 Å². The lowest BCUT2D eigenvalue weighted by atomic mass is 9.93. The van der Waals surface area contributed by atoms with Crippen molar-refractivity contribution in [3.8, 4) is 16.9 Å². The molecule has 1 aliphatic rings. The van der Waals surface area contributed by atoms with E-state index in [-0.39, 0.29) is 16.0 Å². The fraction of sp³-hybridized carbons (Fsp3) is 0.342. The van der Waals surface area contributed by atoms with Crippen molar-refractivity contribution in [3.63, 3.8) is 0 Å². The highest BCUT2D eigenvalue weighted by atomic mass is 32.2. The van der Waals surface area contributed by atoms with Gasteiger partial charge in [-0.25, -0.2) is 13.2 Å². The number of hydrogen-bond acceptors (Lipinski definition) is 8. The van der Waals surface area contributed by atoms with Crippen LogP contribution in [0, 0.1) is 0 Å².